The number of rotatable bonds is 4. The van der Waals surface area contributed by atoms with Crippen LogP contribution in [0.5, 0.6) is 0 Å². The van der Waals surface area contributed by atoms with Crippen LogP contribution in [-0.4, -0.2) is 14.5 Å². The fourth-order valence-electron chi connectivity index (χ4n) is 2.76. The first kappa shape index (κ1) is 16.4. The van der Waals surface area contributed by atoms with E-state index in [2.05, 4.69) is 11.6 Å². The van der Waals surface area contributed by atoms with E-state index in [0.717, 1.165) is 25.7 Å². The highest BCUT2D eigenvalue weighted by Gasteiger charge is 2.26. The zero-order valence-electron chi connectivity index (χ0n) is 12.5. The number of benzene rings is 1. The van der Waals surface area contributed by atoms with Crippen molar-refractivity contribution in [3.63, 3.8) is 0 Å². The highest BCUT2D eigenvalue weighted by Crippen LogP contribution is 2.26. The standard InChI is InChI=1S/C15H23FN2O2S/c1-10-3-5-13(6-4-10)18-21(19,20)15-8-12(9-17)7-14(16)11(15)2/h7-8,10,13,18H,3-6,9,17H2,1-2H3. The molecule has 6 heteroatoms. The summed E-state index contributed by atoms with van der Waals surface area (Å²) in [6.45, 7) is 3.77. The van der Waals surface area contributed by atoms with Crippen molar-refractivity contribution in [1.82, 2.24) is 4.72 Å². The minimum atomic E-state index is -3.71. The summed E-state index contributed by atoms with van der Waals surface area (Å²) in [6.07, 6.45) is 3.70. The maximum atomic E-state index is 13.8. The predicted molar refractivity (Wildman–Crippen MR) is 80.8 cm³/mol. The minimum Gasteiger partial charge on any atom is -0.326 e. The van der Waals surface area contributed by atoms with E-state index in [9.17, 15) is 12.8 Å². The van der Waals surface area contributed by atoms with Crippen LogP contribution in [0, 0.1) is 18.7 Å². The Bertz CT molecular complexity index is 608. The Morgan fingerprint density at radius 1 is 1.29 bits per heavy atom. The SMILES string of the molecule is Cc1c(F)cc(CN)cc1S(=O)(=O)NC1CCC(C)CC1. The molecule has 1 aromatic rings. The van der Waals surface area contributed by atoms with Gasteiger partial charge in [0.2, 0.25) is 10.0 Å². The van der Waals surface area contributed by atoms with Crippen LogP contribution in [-0.2, 0) is 16.6 Å². The Morgan fingerprint density at radius 2 is 1.90 bits per heavy atom. The second-order valence-corrected chi connectivity index (χ2v) is 7.67. The number of nitrogens with two attached hydrogens (primary N) is 1. The van der Waals surface area contributed by atoms with Gasteiger partial charge in [0.05, 0.1) is 4.90 Å². The average molecular weight is 314 g/mol. The van der Waals surface area contributed by atoms with Crippen LogP contribution in [0.1, 0.15) is 43.7 Å². The van der Waals surface area contributed by atoms with Crippen LogP contribution in [0.15, 0.2) is 17.0 Å². The molecular weight excluding hydrogens is 291 g/mol. The van der Waals surface area contributed by atoms with Crippen LogP contribution < -0.4 is 10.5 Å². The zero-order valence-corrected chi connectivity index (χ0v) is 13.3. The molecule has 1 aliphatic rings. The number of nitrogens with one attached hydrogen (secondary N) is 1. The average Bonchev–Trinajstić information content (AvgIpc) is 2.43. The third kappa shape index (κ3) is 3.81. The number of sulfonamides is 1. The largest absolute Gasteiger partial charge is 0.326 e. The van der Waals surface area contributed by atoms with Gasteiger partial charge in [-0.2, -0.15) is 0 Å². The van der Waals surface area contributed by atoms with E-state index in [-0.39, 0.29) is 23.0 Å². The van der Waals surface area contributed by atoms with E-state index in [4.69, 9.17) is 5.73 Å². The molecule has 1 aliphatic carbocycles. The van der Waals surface area contributed by atoms with Gasteiger partial charge in [-0.05, 0) is 56.2 Å². The van der Waals surface area contributed by atoms with E-state index in [1.807, 2.05) is 0 Å². The third-order valence-corrected chi connectivity index (χ3v) is 5.87. The molecule has 0 amide bonds. The summed E-state index contributed by atoms with van der Waals surface area (Å²) in [5.74, 6) is 0.112. The summed E-state index contributed by atoms with van der Waals surface area (Å²) >= 11 is 0. The molecule has 3 N–H and O–H groups in total. The van der Waals surface area contributed by atoms with Crippen molar-refractivity contribution >= 4 is 10.0 Å². The molecule has 0 unspecified atom stereocenters. The summed E-state index contributed by atoms with van der Waals surface area (Å²) in [5.41, 5.74) is 6.12. The van der Waals surface area contributed by atoms with Gasteiger partial charge >= 0.3 is 0 Å². The van der Waals surface area contributed by atoms with Gasteiger partial charge in [0.25, 0.3) is 0 Å². The van der Waals surface area contributed by atoms with Gasteiger partial charge in [-0.15, -0.1) is 0 Å². The first-order valence-electron chi connectivity index (χ1n) is 7.35. The topological polar surface area (TPSA) is 72.2 Å². The van der Waals surface area contributed by atoms with E-state index in [1.165, 1.54) is 19.1 Å². The summed E-state index contributed by atoms with van der Waals surface area (Å²) in [7, 11) is -3.71. The lowest BCUT2D eigenvalue weighted by Crippen LogP contribution is -2.37. The lowest BCUT2D eigenvalue weighted by atomic mass is 9.88. The van der Waals surface area contributed by atoms with E-state index >= 15 is 0 Å². The molecule has 0 aromatic heterocycles. The van der Waals surface area contributed by atoms with Gasteiger partial charge < -0.3 is 5.73 Å². The van der Waals surface area contributed by atoms with E-state index < -0.39 is 15.8 Å². The highest BCUT2D eigenvalue weighted by molar-refractivity contribution is 7.89. The van der Waals surface area contributed by atoms with E-state index in [1.54, 1.807) is 0 Å². The number of hydrogen-bond acceptors (Lipinski definition) is 3. The molecule has 1 saturated carbocycles. The molecule has 0 radical (unpaired) electrons. The van der Waals surface area contributed by atoms with Crippen molar-refractivity contribution in [2.45, 2.75) is 57.0 Å². The Labute approximate surface area is 126 Å². The fourth-order valence-corrected chi connectivity index (χ4v) is 4.37. The number of halogens is 1. The summed E-state index contributed by atoms with van der Waals surface area (Å²) in [4.78, 5) is 0.00146. The second-order valence-electron chi connectivity index (χ2n) is 5.98. The third-order valence-electron chi connectivity index (χ3n) is 4.22. The van der Waals surface area contributed by atoms with Gasteiger partial charge in [-0.3, -0.25) is 0 Å². The van der Waals surface area contributed by atoms with Gasteiger partial charge in [0.15, 0.2) is 0 Å². The Balaban J connectivity index is 2.25. The zero-order chi connectivity index (χ0) is 15.6. The van der Waals surface area contributed by atoms with Gasteiger partial charge in [0.1, 0.15) is 5.82 Å². The van der Waals surface area contributed by atoms with Crippen molar-refractivity contribution in [1.29, 1.82) is 0 Å². The molecule has 118 valence electrons. The van der Waals surface area contributed by atoms with Crippen molar-refractivity contribution in [2.75, 3.05) is 0 Å². The molecule has 0 spiro atoms. The Kier molecular flexibility index (Phi) is 5.01. The fraction of sp³-hybridized carbons (Fsp3) is 0.600. The number of hydrogen-bond donors (Lipinski definition) is 2. The molecule has 0 heterocycles. The quantitative estimate of drug-likeness (QED) is 0.896. The minimum absolute atomic E-state index is 0.00146. The molecule has 0 atom stereocenters. The lowest BCUT2D eigenvalue weighted by molar-refractivity contribution is 0.332. The van der Waals surface area contributed by atoms with Crippen LogP contribution in [0.4, 0.5) is 4.39 Å². The first-order valence-corrected chi connectivity index (χ1v) is 8.83. The van der Waals surface area contributed by atoms with Crippen LogP contribution >= 0.6 is 0 Å². The highest BCUT2D eigenvalue weighted by atomic mass is 32.2. The predicted octanol–water partition coefficient (Wildman–Crippen LogP) is 2.45. The molecule has 21 heavy (non-hydrogen) atoms. The molecule has 4 nitrogen and oxygen atoms in total. The van der Waals surface area contributed by atoms with Gasteiger partial charge in [-0.25, -0.2) is 17.5 Å². The summed E-state index contributed by atoms with van der Waals surface area (Å²) in [6, 6.07) is 2.69. The van der Waals surface area contributed by atoms with Crippen molar-refractivity contribution in [3.8, 4) is 0 Å². The summed E-state index contributed by atoms with van der Waals surface area (Å²) in [5, 5.41) is 0. The molecular formula is C15H23FN2O2S. The van der Waals surface area contributed by atoms with Crippen molar-refractivity contribution in [3.05, 3.63) is 29.1 Å². The van der Waals surface area contributed by atoms with E-state index in [0.29, 0.717) is 11.5 Å². The molecule has 2 rings (SSSR count). The monoisotopic (exact) mass is 314 g/mol. The second kappa shape index (κ2) is 6.42. The van der Waals surface area contributed by atoms with Gasteiger partial charge in [0, 0.05) is 18.2 Å². The molecule has 0 saturated heterocycles. The normalized spacial score (nSPS) is 23.2. The first-order chi connectivity index (χ1) is 9.83. The molecule has 0 bridgehead atoms. The maximum Gasteiger partial charge on any atom is 0.241 e. The van der Waals surface area contributed by atoms with Crippen molar-refractivity contribution < 1.29 is 12.8 Å². The Hall–Kier alpha value is -0.980. The molecule has 0 aliphatic heterocycles. The smallest absolute Gasteiger partial charge is 0.241 e. The lowest BCUT2D eigenvalue weighted by Gasteiger charge is -2.27. The Morgan fingerprint density at radius 3 is 2.48 bits per heavy atom. The summed E-state index contributed by atoms with van der Waals surface area (Å²) < 4.78 is 41.6. The molecule has 1 aromatic carbocycles. The van der Waals surface area contributed by atoms with Gasteiger partial charge in [-0.1, -0.05) is 6.92 Å². The van der Waals surface area contributed by atoms with Crippen molar-refractivity contribution in [2.24, 2.45) is 11.7 Å². The van der Waals surface area contributed by atoms with Crippen LogP contribution in [0.3, 0.4) is 0 Å². The van der Waals surface area contributed by atoms with Crippen LogP contribution in [0.2, 0.25) is 0 Å². The molecule has 1 fully saturated rings. The van der Waals surface area contributed by atoms with Crippen LogP contribution in [0.25, 0.3) is 0 Å². The maximum absolute atomic E-state index is 13.8.